The number of rotatable bonds is 7. The van der Waals surface area contributed by atoms with Crippen molar-refractivity contribution in [2.45, 2.75) is 44.6 Å². The number of nitrogens with zero attached hydrogens (tertiary/aromatic N) is 4. The van der Waals surface area contributed by atoms with Crippen LogP contribution in [0.5, 0.6) is 5.75 Å². The van der Waals surface area contributed by atoms with Crippen molar-refractivity contribution in [3.05, 3.63) is 107 Å². The van der Waals surface area contributed by atoms with E-state index in [-0.39, 0.29) is 29.5 Å². The number of aromatic nitrogens is 2. The van der Waals surface area contributed by atoms with Crippen molar-refractivity contribution in [2.24, 2.45) is 5.10 Å². The molecule has 1 aliphatic rings. The largest absolute Gasteiger partial charge is 0.481 e. The van der Waals surface area contributed by atoms with Gasteiger partial charge >= 0.3 is 5.69 Å². The van der Waals surface area contributed by atoms with Crippen LogP contribution in [0.4, 0.5) is 5.69 Å². The first kappa shape index (κ1) is 26.2. The molecule has 0 N–H and O–H groups in total. The fraction of sp³-hybridized carbons (Fsp3) is 0.250. The molecule has 1 saturated carbocycles. The number of nitro groups is 1. The van der Waals surface area contributed by atoms with E-state index < -0.39 is 4.92 Å². The number of hydrogen-bond donors (Lipinski definition) is 0. The molecule has 8 nitrogen and oxygen atoms in total. The van der Waals surface area contributed by atoms with E-state index in [4.69, 9.17) is 9.72 Å². The van der Waals surface area contributed by atoms with Crippen molar-refractivity contribution < 1.29 is 9.66 Å². The third-order valence-corrected chi connectivity index (χ3v) is 7.66. The van der Waals surface area contributed by atoms with Gasteiger partial charge in [-0.2, -0.15) is 9.78 Å². The summed E-state index contributed by atoms with van der Waals surface area (Å²) in [7, 11) is 0. The highest BCUT2D eigenvalue weighted by molar-refractivity contribution is 9.10. The Labute approximate surface area is 235 Å². The second kappa shape index (κ2) is 11.6. The third-order valence-electron chi connectivity index (χ3n) is 6.63. The predicted octanol–water partition coefficient (Wildman–Crippen LogP) is 7.34. The highest BCUT2D eigenvalue weighted by Gasteiger charge is 2.23. The Morgan fingerprint density at radius 1 is 1.05 bits per heavy atom. The molecular formula is C28H24Br2N4O4. The van der Waals surface area contributed by atoms with Gasteiger partial charge in [0.1, 0.15) is 12.4 Å². The zero-order chi connectivity index (χ0) is 26.6. The lowest BCUT2D eigenvalue weighted by Gasteiger charge is -2.22. The Hall–Kier alpha value is -3.37. The van der Waals surface area contributed by atoms with Crippen molar-refractivity contribution in [2.75, 3.05) is 0 Å². The topological polar surface area (TPSA) is 99.6 Å². The van der Waals surface area contributed by atoms with Crippen molar-refractivity contribution in [3.63, 3.8) is 0 Å². The zero-order valence-electron chi connectivity index (χ0n) is 20.3. The van der Waals surface area contributed by atoms with Crippen molar-refractivity contribution in [3.8, 4) is 5.75 Å². The fourth-order valence-corrected chi connectivity index (χ4v) is 5.33. The number of ether oxygens (including phenoxy) is 1. The molecule has 0 amide bonds. The molecule has 0 saturated heterocycles. The van der Waals surface area contributed by atoms with Crippen LogP contribution in [0.25, 0.3) is 10.9 Å². The second-order valence-corrected chi connectivity index (χ2v) is 11.0. The zero-order valence-corrected chi connectivity index (χ0v) is 23.5. The van der Waals surface area contributed by atoms with Gasteiger partial charge in [0.05, 0.1) is 22.0 Å². The van der Waals surface area contributed by atoms with Crippen LogP contribution in [0.3, 0.4) is 0 Å². The molecule has 0 radical (unpaired) electrons. The average molecular weight is 640 g/mol. The number of halogens is 2. The molecule has 3 aromatic carbocycles. The summed E-state index contributed by atoms with van der Waals surface area (Å²) < 4.78 is 9.00. The maximum atomic E-state index is 13.6. The Kier molecular flexibility index (Phi) is 7.99. The van der Waals surface area contributed by atoms with Gasteiger partial charge in [0, 0.05) is 26.5 Å². The minimum absolute atomic E-state index is 0.0907. The van der Waals surface area contributed by atoms with Crippen LogP contribution in [-0.2, 0) is 6.61 Å². The average Bonchev–Trinajstić information content (AvgIpc) is 2.93. The van der Waals surface area contributed by atoms with Crippen molar-refractivity contribution >= 4 is 54.7 Å². The van der Waals surface area contributed by atoms with Crippen molar-refractivity contribution in [1.29, 1.82) is 0 Å². The Morgan fingerprint density at radius 3 is 2.53 bits per heavy atom. The molecule has 1 aliphatic carbocycles. The van der Waals surface area contributed by atoms with E-state index >= 15 is 0 Å². The first-order valence-corrected chi connectivity index (χ1v) is 13.9. The number of para-hydroxylation sites is 1. The van der Waals surface area contributed by atoms with E-state index in [1.807, 2.05) is 36.4 Å². The molecule has 38 heavy (non-hydrogen) atoms. The van der Waals surface area contributed by atoms with E-state index in [0.717, 1.165) is 46.6 Å². The maximum absolute atomic E-state index is 13.6. The predicted molar refractivity (Wildman–Crippen MR) is 154 cm³/mol. The Morgan fingerprint density at radius 2 is 1.79 bits per heavy atom. The van der Waals surface area contributed by atoms with E-state index in [2.05, 4.69) is 37.0 Å². The molecule has 194 valence electrons. The van der Waals surface area contributed by atoms with Crippen LogP contribution in [0.1, 0.15) is 55.0 Å². The van der Waals surface area contributed by atoms with Crippen LogP contribution in [0.2, 0.25) is 0 Å². The molecule has 1 aromatic heterocycles. The molecule has 5 rings (SSSR count). The summed E-state index contributed by atoms with van der Waals surface area (Å²) in [6, 6.07) is 17.6. The smallest absolute Gasteiger partial charge is 0.311 e. The van der Waals surface area contributed by atoms with Gasteiger partial charge in [-0.25, -0.2) is 4.98 Å². The highest BCUT2D eigenvalue weighted by Crippen LogP contribution is 2.33. The Bertz CT molecular complexity index is 1580. The fourth-order valence-electron chi connectivity index (χ4n) is 4.70. The summed E-state index contributed by atoms with van der Waals surface area (Å²) >= 11 is 6.84. The van der Waals surface area contributed by atoms with E-state index in [1.165, 1.54) is 17.0 Å². The quantitative estimate of drug-likeness (QED) is 0.120. The minimum atomic E-state index is -0.483. The summed E-state index contributed by atoms with van der Waals surface area (Å²) in [5.74, 6) is 0.816. The number of benzene rings is 3. The standard InChI is InChI=1S/C28H24Br2N4O4/c29-21-11-9-18(10-12-21)17-38-26-20(7-4-8-25(26)34(36)37)16-31-33-27(19-5-2-1-3-6-19)32-24-14-13-22(30)15-23(24)28(33)35/h4,7-16,19H,1-3,5-6,17H2. The number of nitro benzene ring substituents is 1. The first-order chi connectivity index (χ1) is 18.4. The molecule has 4 aromatic rings. The maximum Gasteiger partial charge on any atom is 0.311 e. The number of fused-ring (bicyclic) bond motifs is 1. The van der Waals surface area contributed by atoms with Gasteiger partial charge in [0.15, 0.2) is 0 Å². The lowest BCUT2D eigenvalue weighted by atomic mass is 9.88. The van der Waals surface area contributed by atoms with Crippen LogP contribution in [-0.4, -0.2) is 20.8 Å². The molecule has 0 atom stereocenters. The van der Waals surface area contributed by atoms with Gasteiger partial charge in [0.2, 0.25) is 5.75 Å². The van der Waals surface area contributed by atoms with Gasteiger partial charge in [0.25, 0.3) is 5.56 Å². The van der Waals surface area contributed by atoms with Crippen LogP contribution < -0.4 is 10.3 Å². The summed E-state index contributed by atoms with van der Waals surface area (Å²) in [5.41, 5.74) is 1.42. The van der Waals surface area contributed by atoms with Gasteiger partial charge in [-0.05, 0) is 54.8 Å². The lowest BCUT2D eigenvalue weighted by molar-refractivity contribution is -0.385. The van der Waals surface area contributed by atoms with E-state index in [1.54, 1.807) is 18.2 Å². The Balaban J connectivity index is 1.58. The molecule has 1 fully saturated rings. The van der Waals surface area contributed by atoms with Crippen LogP contribution >= 0.6 is 31.9 Å². The minimum Gasteiger partial charge on any atom is -0.481 e. The molecular weight excluding hydrogens is 616 g/mol. The summed E-state index contributed by atoms with van der Waals surface area (Å²) in [6.07, 6.45) is 6.62. The molecule has 0 unspecified atom stereocenters. The third kappa shape index (κ3) is 5.71. The van der Waals surface area contributed by atoms with Crippen molar-refractivity contribution in [1.82, 2.24) is 9.66 Å². The van der Waals surface area contributed by atoms with Gasteiger partial charge in [-0.3, -0.25) is 14.9 Å². The van der Waals surface area contributed by atoms with Crippen LogP contribution in [0, 0.1) is 10.1 Å². The molecule has 1 heterocycles. The monoisotopic (exact) mass is 638 g/mol. The first-order valence-electron chi connectivity index (χ1n) is 12.3. The van der Waals surface area contributed by atoms with E-state index in [0.29, 0.717) is 22.3 Å². The molecule has 0 spiro atoms. The summed E-state index contributed by atoms with van der Waals surface area (Å²) in [6.45, 7) is 0.137. The van der Waals surface area contributed by atoms with E-state index in [9.17, 15) is 14.9 Å². The second-order valence-electron chi connectivity index (χ2n) is 9.20. The molecule has 10 heteroatoms. The molecule has 0 aliphatic heterocycles. The van der Waals surface area contributed by atoms with Gasteiger partial charge < -0.3 is 4.74 Å². The number of hydrogen-bond acceptors (Lipinski definition) is 6. The summed E-state index contributed by atoms with van der Waals surface area (Å²) in [5, 5.41) is 16.8. The normalized spacial score (nSPS) is 14.3. The highest BCUT2D eigenvalue weighted by atomic mass is 79.9. The molecule has 0 bridgehead atoms. The summed E-state index contributed by atoms with van der Waals surface area (Å²) in [4.78, 5) is 29.8. The van der Waals surface area contributed by atoms with Gasteiger partial charge in [-0.15, -0.1) is 0 Å². The van der Waals surface area contributed by atoms with Crippen LogP contribution in [0.15, 0.2) is 79.5 Å². The van der Waals surface area contributed by atoms with Gasteiger partial charge in [-0.1, -0.05) is 69.3 Å². The SMILES string of the molecule is O=c1c2cc(Br)ccc2nc(C2CCCCC2)n1N=Cc1cccc([N+](=O)[O-])c1OCc1ccc(Br)cc1. The lowest BCUT2D eigenvalue weighted by Crippen LogP contribution is -2.25.